The summed E-state index contributed by atoms with van der Waals surface area (Å²) in [4.78, 5) is 32.8. The third kappa shape index (κ3) is 3.42. The lowest BCUT2D eigenvalue weighted by Gasteiger charge is -2.20. The Morgan fingerprint density at radius 1 is 1.23 bits per heavy atom. The Hall–Kier alpha value is -2.43. The first-order valence-electron chi connectivity index (χ1n) is 7.63. The predicted octanol–water partition coefficient (Wildman–Crippen LogP) is 2.42. The van der Waals surface area contributed by atoms with Gasteiger partial charge in [0.05, 0.1) is 12.5 Å². The molecule has 22 heavy (non-hydrogen) atoms. The Morgan fingerprint density at radius 2 is 2.00 bits per heavy atom. The van der Waals surface area contributed by atoms with Gasteiger partial charge in [0.1, 0.15) is 5.69 Å². The minimum absolute atomic E-state index is 0.0311. The van der Waals surface area contributed by atoms with Gasteiger partial charge in [0, 0.05) is 12.5 Å². The topological polar surface area (TPSA) is 66.1 Å². The lowest BCUT2D eigenvalue weighted by Crippen LogP contribution is -2.39. The number of hydrogen-bond acceptors (Lipinski definition) is 3. The van der Waals surface area contributed by atoms with Crippen LogP contribution in [0.4, 0.5) is 0 Å². The molecule has 0 unspecified atom stereocenters. The number of imidazole rings is 1. The number of aromatic nitrogens is 2. The van der Waals surface area contributed by atoms with E-state index in [1.165, 1.54) is 23.0 Å². The van der Waals surface area contributed by atoms with Gasteiger partial charge in [-0.25, -0.2) is 4.98 Å². The largest absolute Gasteiger partial charge is 0.341 e. The van der Waals surface area contributed by atoms with Crippen LogP contribution in [-0.2, 0) is 11.2 Å². The van der Waals surface area contributed by atoms with E-state index in [4.69, 9.17) is 0 Å². The van der Waals surface area contributed by atoms with Gasteiger partial charge in [-0.05, 0) is 31.2 Å². The summed E-state index contributed by atoms with van der Waals surface area (Å²) in [5.74, 6) is -0.293. The molecule has 1 aliphatic rings. The van der Waals surface area contributed by atoms with Crippen molar-refractivity contribution in [3.63, 3.8) is 0 Å². The smallest absolute Gasteiger partial charge is 0.278 e. The molecule has 1 heterocycles. The Kier molecular flexibility index (Phi) is 4.32. The van der Waals surface area contributed by atoms with E-state index in [1.807, 2.05) is 18.2 Å². The number of benzene rings is 1. The predicted molar refractivity (Wildman–Crippen MR) is 82.1 cm³/mol. The first-order valence-corrected chi connectivity index (χ1v) is 7.63. The first-order chi connectivity index (χ1) is 10.8. The number of aromatic amines is 1. The lowest BCUT2D eigenvalue weighted by molar-refractivity contribution is -0.130. The molecule has 1 aliphatic carbocycles. The third-order valence-electron chi connectivity index (χ3n) is 3.86. The zero-order chi connectivity index (χ0) is 15.4. The maximum atomic E-state index is 12.5. The maximum absolute atomic E-state index is 12.5. The highest BCUT2D eigenvalue weighted by molar-refractivity contribution is 6.04. The first kappa shape index (κ1) is 14.5. The summed E-state index contributed by atoms with van der Waals surface area (Å²) >= 11 is 0. The van der Waals surface area contributed by atoms with Crippen LogP contribution in [0, 0.1) is 5.92 Å². The van der Waals surface area contributed by atoms with Crippen LogP contribution in [0.3, 0.4) is 0 Å². The fourth-order valence-corrected chi connectivity index (χ4v) is 2.47. The number of aryl methyl sites for hydroxylation is 1. The summed E-state index contributed by atoms with van der Waals surface area (Å²) in [5, 5.41) is 0. The van der Waals surface area contributed by atoms with Crippen LogP contribution in [-0.4, -0.2) is 33.2 Å². The Morgan fingerprint density at radius 3 is 2.64 bits per heavy atom. The molecule has 0 aliphatic heterocycles. The second-order valence-corrected chi connectivity index (χ2v) is 5.62. The molecule has 1 N–H and O–H groups in total. The van der Waals surface area contributed by atoms with Crippen molar-refractivity contribution >= 4 is 11.8 Å². The fraction of sp³-hybridized carbons (Fsp3) is 0.353. The van der Waals surface area contributed by atoms with Crippen molar-refractivity contribution in [1.82, 2.24) is 14.9 Å². The minimum atomic E-state index is -0.275. The molecule has 5 nitrogen and oxygen atoms in total. The van der Waals surface area contributed by atoms with Gasteiger partial charge in [0.15, 0.2) is 0 Å². The van der Waals surface area contributed by atoms with Crippen molar-refractivity contribution in [2.45, 2.75) is 25.7 Å². The number of amides is 2. The molecule has 0 atom stereocenters. The Balaban J connectivity index is 1.63. The zero-order valence-electron chi connectivity index (χ0n) is 12.4. The molecule has 0 radical (unpaired) electrons. The van der Waals surface area contributed by atoms with Crippen LogP contribution in [0.25, 0.3) is 0 Å². The van der Waals surface area contributed by atoms with Gasteiger partial charge in [-0.2, -0.15) is 0 Å². The quantitative estimate of drug-likeness (QED) is 0.833. The summed E-state index contributed by atoms with van der Waals surface area (Å²) in [6.07, 6.45) is 6.33. The van der Waals surface area contributed by atoms with Gasteiger partial charge >= 0.3 is 0 Å². The number of nitrogens with one attached hydrogen (secondary N) is 1. The van der Waals surface area contributed by atoms with Crippen LogP contribution in [0.1, 0.15) is 35.3 Å². The molecule has 2 aromatic rings. The summed E-state index contributed by atoms with van der Waals surface area (Å²) in [5.41, 5.74) is 1.59. The van der Waals surface area contributed by atoms with Gasteiger partial charge < -0.3 is 4.98 Å². The molecule has 1 aromatic carbocycles. The Labute approximate surface area is 129 Å². The van der Waals surface area contributed by atoms with Crippen LogP contribution in [0.15, 0.2) is 42.9 Å². The Bertz CT molecular complexity index is 633. The summed E-state index contributed by atoms with van der Waals surface area (Å²) < 4.78 is 0. The van der Waals surface area contributed by atoms with Crippen molar-refractivity contribution in [1.29, 1.82) is 0 Å². The molecule has 1 fully saturated rings. The van der Waals surface area contributed by atoms with Gasteiger partial charge in [-0.1, -0.05) is 30.3 Å². The van der Waals surface area contributed by atoms with Crippen molar-refractivity contribution in [3.8, 4) is 0 Å². The lowest BCUT2D eigenvalue weighted by atomic mass is 10.1. The highest BCUT2D eigenvalue weighted by atomic mass is 16.2. The van der Waals surface area contributed by atoms with E-state index in [-0.39, 0.29) is 17.7 Å². The number of imide groups is 1. The second-order valence-electron chi connectivity index (χ2n) is 5.62. The molecule has 1 aromatic heterocycles. The van der Waals surface area contributed by atoms with Crippen molar-refractivity contribution in [3.05, 3.63) is 54.1 Å². The van der Waals surface area contributed by atoms with Crippen molar-refractivity contribution < 1.29 is 9.59 Å². The molecule has 1 saturated carbocycles. The van der Waals surface area contributed by atoms with Crippen molar-refractivity contribution in [2.24, 2.45) is 5.92 Å². The van der Waals surface area contributed by atoms with Crippen LogP contribution in [0.5, 0.6) is 0 Å². The van der Waals surface area contributed by atoms with Gasteiger partial charge in [-0.3, -0.25) is 14.5 Å². The highest BCUT2D eigenvalue weighted by Crippen LogP contribution is 2.31. The fourth-order valence-electron chi connectivity index (χ4n) is 2.47. The minimum Gasteiger partial charge on any atom is -0.341 e. The standard InChI is InChI=1S/C17H19N3O2/c21-16(14-8-9-14)20(17(22)15-11-18-12-19-15)10-4-7-13-5-2-1-3-6-13/h1-3,5-6,11-12,14H,4,7-10H2,(H,18,19). The molecular weight excluding hydrogens is 278 g/mol. The van der Waals surface area contributed by atoms with Gasteiger partial charge in [-0.15, -0.1) is 0 Å². The van der Waals surface area contributed by atoms with Crippen LogP contribution >= 0.6 is 0 Å². The molecule has 0 saturated heterocycles. The number of carbonyl (C=O) groups is 2. The molecule has 0 spiro atoms. The average molecular weight is 297 g/mol. The molecule has 2 amide bonds. The molecule has 3 rings (SSSR count). The average Bonchev–Trinajstić information content (AvgIpc) is 3.26. The highest BCUT2D eigenvalue weighted by Gasteiger charge is 2.36. The van der Waals surface area contributed by atoms with E-state index in [1.54, 1.807) is 0 Å². The summed E-state index contributed by atoms with van der Waals surface area (Å²) in [6, 6.07) is 10.1. The second kappa shape index (κ2) is 6.56. The van der Waals surface area contributed by atoms with Crippen LogP contribution in [0.2, 0.25) is 0 Å². The SMILES string of the molecule is O=C(c1cnc[nH]1)N(CCCc1ccccc1)C(=O)C1CC1. The van der Waals surface area contributed by atoms with Crippen molar-refractivity contribution in [2.75, 3.05) is 6.54 Å². The van der Waals surface area contributed by atoms with E-state index >= 15 is 0 Å². The number of hydrogen-bond donors (Lipinski definition) is 1. The normalized spacial score (nSPS) is 13.8. The van der Waals surface area contributed by atoms with Crippen LogP contribution < -0.4 is 0 Å². The maximum Gasteiger partial charge on any atom is 0.278 e. The number of rotatable bonds is 6. The van der Waals surface area contributed by atoms with Gasteiger partial charge in [0.2, 0.25) is 5.91 Å². The van der Waals surface area contributed by atoms with E-state index in [0.29, 0.717) is 12.2 Å². The molecule has 114 valence electrons. The summed E-state index contributed by atoms with van der Waals surface area (Å²) in [6.45, 7) is 0.447. The summed E-state index contributed by atoms with van der Waals surface area (Å²) in [7, 11) is 0. The number of H-pyrrole nitrogens is 1. The number of carbonyl (C=O) groups excluding carboxylic acids is 2. The van der Waals surface area contributed by atoms with E-state index < -0.39 is 0 Å². The molecule has 5 heteroatoms. The van der Waals surface area contributed by atoms with E-state index in [2.05, 4.69) is 22.1 Å². The zero-order valence-corrected chi connectivity index (χ0v) is 12.4. The molecular formula is C17H19N3O2. The number of nitrogens with zero attached hydrogens (tertiary/aromatic N) is 2. The van der Waals surface area contributed by atoms with E-state index in [0.717, 1.165) is 25.7 Å². The monoisotopic (exact) mass is 297 g/mol. The molecule has 0 bridgehead atoms. The van der Waals surface area contributed by atoms with E-state index in [9.17, 15) is 9.59 Å². The van der Waals surface area contributed by atoms with Gasteiger partial charge in [0.25, 0.3) is 5.91 Å². The third-order valence-corrected chi connectivity index (χ3v) is 3.86.